The van der Waals surface area contributed by atoms with Crippen LogP contribution in [0.15, 0.2) is 41.4 Å². The molecule has 1 aliphatic rings. The van der Waals surface area contributed by atoms with E-state index in [2.05, 4.69) is 17.3 Å². The number of hydrogen-bond donors (Lipinski definition) is 1. The summed E-state index contributed by atoms with van der Waals surface area (Å²) < 4.78 is 28.8. The molecule has 8 heteroatoms. The average Bonchev–Trinajstić information content (AvgIpc) is 3.10. The van der Waals surface area contributed by atoms with Crippen molar-refractivity contribution >= 4 is 21.7 Å². The molecule has 3 rings (SSSR count). The van der Waals surface area contributed by atoms with E-state index in [4.69, 9.17) is 0 Å². The number of piperidine rings is 1. The molecular formula is C19H26N4O3S. The van der Waals surface area contributed by atoms with Crippen molar-refractivity contribution in [3.05, 3.63) is 42.1 Å². The number of benzene rings is 1. The Morgan fingerprint density at radius 1 is 1.15 bits per heavy atom. The van der Waals surface area contributed by atoms with Crippen molar-refractivity contribution in [1.82, 2.24) is 14.1 Å². The summed E-state index contributed by atoms with van der Waals surface area (Å²) in [5.41, 5.74) is 0.401. The predicted octanol–water partition coefficient (Wildman–Crippen LogP) is 3.14. The highest BCUT2D eigenvalue weighted by Gasteiger charge is 2.28. The molecule has 0 aliphatic carbocycles. The Hall–Kier alpha value is -2.19. The Bertz CT molecular complexity index is 895. The maximum atomic E-state index is 12.8. The second-order valence-electron chi connectivity index (χ2n) is 7.32. The summed E-state index contributed by atoms with van der Waals surface area (Å²) in [6.07, 6.45) is 3.39. The van der Waals surface area contributed by atoms with E-state index in [1.54, 1.807) is 29.1 Å². The Balaban J connectivity index is 1.73. The van der Waals surface area contributed by atoms with Crippen LogP contribution in [-0.4, -0.2) is 41.5 Å². The first-order valence-corrected chi connectivity index (χ1v) is 10.7. The lowest BCUT2D eigenvalue weighted by molar-refractivity contribution is 0.102. The van der Waals surface area contributed by atoms with E-state index in [1.807, 2.05) is 13.8 Å². The number of rotatable bonds is 5. The number of amides is 1. The first-order valence-electron chi connectivity index (χ1n) is 9.24. The first-order chi connectivity index (χ1) is 12.8. The minimum Gasteiger partial charge on any atom is -0.307 e. The quantitative estimate of drug-likeness (QED) is 0.850. The Kier molecular flexibility index (Phi) is 5.67. The van der Waals surface area contributed by atoms with Gasteiger partial charge in [0, 0.05) is 30.8 Å². The molecule has 1 amide bonds. The Morgan fingerprint density at radius 2 is 1.78 bits per heavy atom. The lowest BCUT2D eigenvalue weighted by atomic mass is 10.0. The van der Waals surface area contributed by atoms with Gasteiger partial charge in [-0.2, -0.15) is 9.40 Å². The van der Waals surface area contributed by atoms with E-state index in [-0.39, 0.29) is 16.8 Å². The fourth-order valence-electron chi connectivity index (χ4n) is 3.17. The number of carbonyl (C=O) groups excluding carboxylic acids is 1. The summed E-state index contributed by atoms with van der Waals surface area (Å²) in [6.45, 7) is 7.19. The summed E-state index contributed by atoms with van der Waals surface area (Å²) in [7, 11) is -3.51. The highest BCUT2D eigenvalue weighted by molar-refractivity contribution is 7.89. The molecule has 1 aromatic heterocycles. The minimum absolute atomic E-state index is 0.120. The van der Waals surface area contributed by atoms with Gasteiger partial charge >= 0.3 is 0 Å². The average molecular weight is 391 g/mol. The fraction of sp³-hybridized carbons (Fsp3) is 0.474. The zero-order valence-electron chi connectivity index (χ0n) is 15.9. The second kappa shape index (κ2) is 7.82. The summed E-state index contributed by atoms with van der Waals surface area (Å²) >= 11 is 0. The maximum Gasteiger partial charge on any atom is 0.256 e. The molecule has 0 saturated carbocycles. The largest absolute Gasteiger partial charge is 0.307 e. The number of hydrogen-bond acceptors (Lipinski definition) is 4. The lowest BCUT2D eigenvalue weighted by Crippen LogP contribution is -2.37. The van der Waals surface area contributed by atoms with Crippen LogP contribution in [0.25, 0.3) is 0 Å². The van der Waals surface area contributed by atoms with Gasteiger partial charge in [-0.25, -0.2) is 13.1 Å². The van der Waals surface area contributed by atoms with Crippen LogP contribution in [0.3, 0.4) is 0 Å². The van der Waals surface area contributed by atoms with Gasteiger partial charge < -0.3 is 5.32 Å². The SMILES string of the molecule is CC1CCN(S(=O)(=O)c2ccc(C(=O)Nc3ccnn3C(C)C)cc2)CC1. The molecule has 0 bridgehead atoms. The molecule has 146 valence electrons. The van der Waals surface area contributed by atoms with Crippen molar-refractivity contribution in [2.45, 2.75) is 44.6 Å². The van der Waals surface area contributed by atoms with Crippen molar-refractivity contribution in [3.63, 3.8) is 0 Å². The van der Waals surface area contributed by atoms with Gasteiger partial charge in [-0.1, -0.05) is 6.92 Å². The normalized spacial score (nSPS) is 16.6. The van der Waals surface area contributed by atoms with Crippen LogP contribution in [0.5, 0.6) is 0 Å². The van der Waals surface area contributed by atoms with Crippen LogP contribution in [0.1, 0.15) is 50.0 Å². The molecule has 0 spiro atoms. The molecule has 27 heavy (non-hydrogen) atoms. The van der Waals surface area contributed by atoms with E-state index in [1.165, 1.54) is 16.4 Å². The van der Waals surface area contributed by atoms with Gasteiger partial charge in [0.15, 0.2) is 0 Å². The van der Waals surface area contributed by atoms with E-state index < -0.39 is 10.0 Å². The first kappa shape index (κ1) is 19.6. The van der Waals surface area contributed by atoms with E-state index >= 15 is 0 Å². The van der Waals surface area contributed by atoms with Gasteiger partial charge in [0.05, 0.1) is 11.1 Å². The van der Waals surface area contributed by atoms with Gasteiger partial charge in [-0.15, -0.1) is 0 Å². The molecule has 1 N–H and O–H groups in total. The van der Waals surface area contributed by atoms with Gasteiger partial charge in [-0.05, 0) is 56.9 Å². The topological polar surface area (TPSA) is 84.3 Å². The predicted molar refractivity (Wildman–Crippen MR) is 104 cm³/mol. The standard InChI is InChI=1S/C19H26N4O3S/c1-14(2)23-18(8-11-20-23)21-19(24)16-4-6-17(7-5-16)27(25,26)22-12-9-15(3)10-13-22/h4-8,11,14-15H,9-10,12-13H2,1-3H3,(H,21,24). The fourth-order valence-corrected chi connectivity index (χ4v) is 4.64. The monoisotopic (exact) mass is 390 g/mol. The van der Waals surface area contributed by atoms with E-state index in [0.717, 1.165) is 12.8 Å². The molecule has 1 saturated heterocycles. The number of carbonyl (C=O) groups is 1. The highest BCUT2D eigenvalue weighted by Crippen LogP contribution is 2.24. The number of sulfonamides is 1. The van der Waals surface area contributed by atoms with Gasteiger partial charge in [0.2, 0.25) is 10.0 Å². The minimum atomic E-state index is -3.51. The molecule has 7 nitrogen and oxygen atoms in total. The van der Waals surface area contributed by atoms with Crippen molar-refractivity contribution in [1.29, 1.82) is 0 Å². The third kappa shape index (κ3) is 4.22. The summed E-state index contributed by atoms with van der Waals surface area (Å²) in [5, 5.41) is 7.00. The number of nitrogens with one attached hydrogen (secondary N) is 1. The molecule has 0 unspecified atom stereocenters. The highest BCUT2D eigenvalue weighted by atomic mass is 32.2. The second-order valence-corrected chi connectivity index (χ2v) is 9.26. The van der Waals surface area contributed by atoms with Crippen molar-refractivity contribution < 1.29 is 13.2 Å². The summed E-state index contributed by atoms with van der Waals surface area (Å²) in [5.74, 6) is 0.865. The number of nitrogens with zero attached hydrogens (tertiary/aromatic N) is 3. The molecule has 1 fully saturated rings. The van der Waals surface area contributed by atoms with Crippen LogP contribution in [-0.2, 0) is 10.0 Å². The van der Waals surface area contributed by atoms with Crippen LogP contribution >= 0.6 is 0 Å². The molecule has 0 radical (unpaired) electrons. The molecule has 1 aliphatic heterocycles. The van der Waals surface area contributed by atoms with Gasteiger partial charge in [0.25, 0.3) is 5.91 Å². The van der Waals surface area contributed by atoms with Crippen LogP contribution in [0.4, 0.5) is 5.82 Å². The van der Waals surface area contributed by atoms with Crippen LogP contribution in [0, 0.1) is 5.92 Å². The molecule has 2 heterocycles. The Labute approximate surface area is 160 Å². The van der Waals surface area contributed by atoms with Crippen molar-refractivity contribution in [3.8, 4) is 0 Å². The van der Waals surface area contributed by atoms with E-state index in [9.17, 15) is 13.2 Å². The molecular weight excluding hydrogens is 364 g/mol. The zero-order chi connectivity index (χ0) is 19.6. The molecule has 0 atom stereocenters. The maximum absolute atomic E-state index is 12.8. The third-order valence-electron chi connectivity index (χ3n) is 4.90. The third-order valence-corrected chi connectivity index (χ3v) is 6.81. The van der Waals surface area contributed by atoms with Gasteiger partial charge in [0.1, 0.15) is 5.82 Å². The summed E-state index contributed by atoms with van der Waals surface area (Å²) in [6, 6.07) is 7.95. The van der Waals surface area contributed by atoms with Crippen LogP contribution in [0.2, 0.25) is 0 Å². The molecule has 2 aromatic rings. The van der Waals surface area contributed by atoms with Gasteiger partial charge in [-0.3, -0.25) is 4.79 Å². The smallest absolute Gasteiger partial charge is 0.256 e. The van der Waals surface area contributed by atoms with E-state index in [0.29, 0.717) is 30.4 Å². The van der Waals surface area contributed by atoms with Crippen LogP contribution < -0.4 is 5.32 Å². The molecule has 1 aromatic carbocycles. The zero-order valence-corrected chi connectivity index (χ0v) is 16.7. The van der Waals surface area contributed by atoms with Crippen molar-refractivity contribution in [2.24, 2.45) is 5.92 Å². The number of anilines is 1. The lowest BCUT2D eigenvalue weighted by Gasteiger charge is -2.29. The van der Waals surface area contributed by atoms with Crippen molar-refractivity contribution in [2.75, 3.05) is 18.4 Å². The number of aromatic nitrogens is 2. The summed E-state index contributed by atoms with van der Waals surface area (Å²) in [4.78, 5) is 12.7. The Morgan fingerprint density at radius 3 is 2.37 bits per heavy atom.